The number of aromatic amines is 1. The Hall–Kier alpha value is -0.830. The Kier molecular flexibility index (Phi) is 1.30. The molecule has 1 unspecified atom stereocenters. The second-order valence-corrected chi connectivity index (χ2v) is 1.65. The molecule has 3 heteroatoms. The molecule has 0 saturated heterocycles. The van der Waals surface area contributed by atoms with Crippen LogP contribution in [0.1, 0.15) is 18.9 Å². The topological polar surface area (TPSA) is 48.9 Å². The summed E-state index contributed by atoms with van der Waals surface area (Å²) in [4.78, 5) is 6.59. The third kappa shape index (κ3) is 0.869. The Bertz CT molecular complexity index is 145. The van der Waals surface area contributed by atoms with Crippen molar-refractivity contribution >= 4 is 0 Å². The van der Waals surface area contributed by atoms with Crippen LogP contribution in [0.4, 0.5) is 0 Å². The highest BCUT2D eigenvalue weighted by Gasteiger charge is 1.98. The molecular weight excluding hydrogens is 104 g/mol. The van der Waals surface area contributed by atoms with Gasteiger partial charge >= 0.3 is 0 Å². The number of hydrogen-bond donors (Lipinski definition) is 2. The van der Waals surface area contributed by atoms with Gasteiger partial charge in [-0.05, 0) is 6.92 Å². The van der Waals surface area contributed by atoms with E-state index in [0.29, 0.717) is 5.82 Å². The van der Waals surface area contributed by atoms with Crippen LogP contribution in [0.25, 0.3) is 0 Å². The summed E-state index contributed by atoms with van der Waals surface area (Å²) in [5.74, 6) is 0.616. The SMILES string of the molecule is CC(O)c1ncc[nH]1. The van der Waals surface area contributed by atoms with Gasteiger partial charge in [-0.25, -0.2) is 4.98 Å². The van der Waals surface area contributed by atoms with Gasteiger partial charge in [0, 0.05) is 12.4 Å². The number of nitrogens with one attached hydrogen (secondary N) is 1. The van der Waals surface area contributed by atoms with E-state index in [2.05, 4.69) is 9.97 Å². The predicted molar refractivity (Wildman–Crippen MR) is 29.2 cm³/mol. The van der Waals surface area contributed by atoms with E-state index in [-0.39, 0.29) is 0 Å². The molecule has 44 valence electrons. The van der Waals surface area contributed by atoms with Crippen molar-refractivity contribution in [1.82, 2.24) is 9.97 Å². The van der Waals surface area contributed by atoms with Gasteiger partial charge in [0.2, 0.25) is 0 Å². The van der Waals surface area contributed by atoms with E-state index in [1.165, 1.54) is 0 Å². The fourth-order valence-electron chi connectivity index (χ4n) is 0.506. The van der Waals surface area contributed by atoms with Crippen molar-refractivity contribution in [3.63, 3.8) is 0 Å². The van der Waals surface area contributed by atoms with E-state index < -0.39 is 6.10 Å². The Morgan fingerprint density at radius 1 is 1.88 bits per heavy atom. The molecule has 8 heavy (non-hydrogen) atoms. The molecule has 0 aliphatic carbocycles. The highest BCUT2D eigenvalue weighted by atomic mass is 16.3. The number of aliphatic hydroxyl groups is 1. The van der Waals surface area contributed by atoms with E-state index in [1.807, 2.05) is 0 Å². The summed E-state index contributed by atoms with van der Waals surface area (Å²) in [6.45, 7) is 1.67. The second kappa shape index (κ2) is 1.96. The largest absolute Gasteiger partial charge is 0.385 e. The molecule has 0 spiro atoms. The van der Waals surface area contributed by atoms with Gasteiger partial charge in [-0.3, -0.25) is 0 Å². The lowest BCUT2D eigenvalue weighted by Gasteiger charge is -1.94. The fraction of sp³-hybridized carbons (Fsp3) is 0.400. The maximum Gasteiger partial charge on any atom is 0.134 e. The van der Waals surface area contributed by atoms with E-state index in [9.17, 15) is 0 Å². The zero-order valence-electron chi connectivity index (χ0n) is 4.63. The molecule has 0 fully saturated rings. The standard InChI is InChI=1S/C5H8N2O/c1-4(8)5-6-2-3-7-5/h2-4,8H,1H3,(H,6,7). The number of aliphatic hydroxyl groups excluding tert-OH is 1. The third-order valence-electron chi connectivity index (χ3n) is 0.915. The minimum Gasteiger partial charge on any atom is -0.385 e. The van der Waals surface area contributed by atoms with Gasteiger partial charge in [0.05, 0.1) is 0 Å². The molecule has 0 aromatic carbocycles. The molecule has 1 heterocycles. The molecule has 3 nitrogen and oxygen atoms in total. The molecule has 0 aliphatic rings. The quantitative estimate of drug-likeness (QED) is 0.554. The number of aromatic nitrogens is 2. The average molecular weight is 112 g/mol. The van der Waals surface area contributed by atoms with Gasteiger partial charge in [0.25, 0.3) is 0 Å². The first-order valence-corrected chi connectivity index (χ1v) is 2.48. The number of H-pyrrole nitrogens is 1. The van der Waals surface area contributed by atoms with Crippen LogP contribution in [0.2, 0.25) is 0 Å². The van der Waals surface area contributed by atoms with Gasteiger partial charge in [-0.1, -0.05) is 0 Å². The van der Waals surface area contributed by atoms with Crippen molar-refractivity contribution in [2.24, 2.45) is 0 Å². The van der Waals surface area contributed by atoms with Crippen molar-refractivity contribution in [2.75, 3.05) is 0 Å². The summed E-state index contributed by atoms with van der Waals surface area (Å²) in [6.07, 6.45) is 2.81. The zero-order valence-corrected chi connectivity index (χ0v) is 4.63. The maximum absolute atomic E-state index is 8.82. The summed E-state index contributed by atoms with van der Waals surface area (Å²) >= 11 is 0. The third-order valence-corrected chi connectivity index (χ3v) is 0.915. The molecule has 0 aliphatic heterocycles. The highest BCUT2D eigenvalue weighted by Crippen LogP contribution is 2.01. The Labute approximate surface area is 47.4 Å². The zero-order chi connectivity index (χ0) is 5.98. The van der Waals surface area contributed by atoms with Crippen LogP contribution in [0, 0.1) is 0 Å². The van der Waals surface area contributed by atoms with Crippen molar-refractivity contribution < 1.29 is 5.11 Å². The van der Waals surface area contributed by atoms with E-state index in [1.54, 1.807) is 19.3 Å². The normalized spacial score (nSPS) is 13.8. The van der Waals surface area contributed by atoms with E-state index in [4.69, 9.17) is 5.11 Å². The van der Waals surface area contributed by atoms with Crippen LogP contribution in [0.5, 0.6) is 0 Å². The maximum atomic E-state index is 8.82. The van der Waals surface area contributed by atoms with Crippen molar-refractivity contribution in [1.29, 1.82) is 0 Å². The van der Waals surface area contributed by atoms with Crippen LogP contribution in [-0.2, 0) is 0 Å². The van der Waals surface area contributed by atoms with Crippen molar-refractivity contribution in [2.45, 2.75) is 13.0 Å². The highest BCUT2D eigenvalue weighted by molar-refractivity contribution is 4.89. The van der Waals surface area contributed by atoms with E-state index in [0.717, 1.165) is 0 Å². The molecular formula is C5H8N2O. The van der Waals surface area contributed by atoms with Crippen molar-refractivity contribution in [3.8, 4) is 0 Å². The molecule has 0 radical (unpaired) electrons. The lowest BCUT2D eigenvalue weighted by Crippen LogP contribution is -1.91. The molecule has 1 aromatic heterocycles. The van der Waals surface area contributed by atoms with Gasteiger partial charge in [0.15, 0.2) is 0 Å². The smallest absolute Gasteiger partial charge is 0.134 e. The Morgan fingerprint density at radius 3 is 2.88 bits per heavy atom. The summed E-state index contributed by atoms with van der Waals surface area (Å²) < 4.78 is 0. The molecule has 2 N–H and O–H groups in total. The Balaban J connectivity index is 2.77. The number of imidazole rings is 1. The summed E-state index contributed by atoms with van der Waals surface area (Å²) in [5, 5.41) is 8.82. The number of hydrogen-bond acceptors (Lipinski definition) is 2. The second-order valence-electron chi connectivity index (χ2n) is 1.65. The molecule has 0 amide bonds. The average Bonchev–Trinajstić information content (AvgIpc) is 2.12. The fourth-order valence-corrected chi connectivity index (χ4v) is 0.506. The number of nitrogens with zero attached hydrogens (tertiary/aromatic N) is 1. The lowest BCUT2D eigenvalue weighted by atomic mass is 10.4. The first-order chi connectivity index (χ1) is 3.80. The van der Waals surface area contributed by atoms with Gasteiger partial charge < -0.3 is 10.1 Å². The van der Waals surface area contributed by atoms with Crippen LogP contribution in [-0.4, -0.2) is 15.1 Å². The molecule has 0 bridgehead atoms. The Morgan fingerprint density at radius 2 is 2.62 bits per heavy atom. The van der Waals surface area contributed by atoms with Crippen LogP contribution >= 0.6 is 0 Å². The summed E-state index contributed by atoms with van der Waals surface area (Å²) in [5.41, 5.74) is 0. The lowest BCUT2D eigenvalue weighted by molar-refractivity contribution is 0.190. The summed E-state index contributed by atoms with van der Waals surface area (Å²) in [7, 11) is 0. The van der Waals surface area contributed by atoms with Gasteiger partial charge in [-0.2, -0.15) is 0 Å². The molecule has 1 aromatic rings. The van der Waals surface area contributed by atoms with Crippen LogP contribution in [0.3, 0.4) is 0 Å². The minimum absolute atomic E-state index is 0.481. The monoisotopic (exact) mass is 112 g/mol. The summed E-state index contributed by atoms with van der Waals surface area (Å²) in [6, 6.07) is 0. The van der Waals surface area contributed by atoms with E-state index >= 15 is 0 Å². The molecule has 1 atom stereocenters. The van der Waals surface area contributed by atoms with Crippen LogP contribution in [0.15, 0.2) is 12.4 Å². The van der Waals surface area contributed by atoms with Gasteiger partial charge in [-0.15, -0.1) is 0 Å². The van der Waals surface area contributed by atoms with Gasteiger partial charge in [0.1, 0.15) is 11.9 Å². The van der Waals surface area contributed by atoms with Crippen LogP contribution < -0.4 is 0 Å². The first kappa shape index (κ1) is 5.31. The number of rotatable bonds is 1. The van der Waals surface area contributed by atoms with Crippen molar-refractivity contribution in [3.05, 3.63) is 18.2 Å². The minimum atomic E-state index is -0.481. The molecule has 0 saturated carbocycles. The first-order valence-electron chi connectivity index (χ1n) is 2.48. The predicted octanol–water partition coefficient (Wildman–Crippen LogP) is 0.463. The molecule has 1 rings (SSSR count).